The van der Waals surface area contributed by atoms with Crippen LogP contribution in [0.4, 0.5) is 0 Å². The van der Waals surface area contributed by atoms with Crippen LogP contribution in [0.5, 0.6) is 23.0 Å². The van der Waals surface area contributed by atoms with E-state index in [4.69, 9.17) is 24.7 Å². The summed E-state index contributed by atoms with van der Waals surface area (Å²) in [5.41, 5.74) is 8.25. The monoisotopic (exact) mass is 345 g/mol. The quantitative estimate of drug-likeness (QED) is 0.755. The molecule has 0 amide bonds. The van der Waals surface area contributed by atoms with Crippen LogP contribution in [0.15, 0.2) is 36.4 Å². The fourth-order valence-corrected chi connectivity index (χ4v) is 2.87. The fourth-order valence-electron chi connectivity index (χ4n) is 2.87. The first kappa shape index (κ1) is 18.9. The van der Waals surface area contributed by atoms with Crippen molar-refractivity contribution >= 4 is 0 Å². The maximum absolute atomic E-state index is 6.05. The first-order valence-corrected chi connectivity index (χ1v) is 8.38. The molecule has 25 heavy (non-hydrogen) atoms. The molecule has 0 saturated heterocycles. The predicted molar refractivity (Wildman–Crippen MR) is 99.2 cm³/mol. The summed E-state index contributed by atoms with van der Waals surface area (Å²) >= 11 is 0. The molecule has 1 unspecified atom stereocenters. The Morgan fingerprint density at radius 1 is 0.880 bits per heavy atom. The lowest BCUT2D eigenvalue weighted by atomic mass is 9.91. The minimum Gasteiger partial charge on any atom is -0.497 e. The van der Waals surface area contributed by atoms with Crippen molar-refractivity contribution in [3.8, 4) is 23.0 Å². The molecule has 0 heterocycles. The van der Waals surface area contributed by atoms with Crippen LogP contribution in [0.1, 0.15) is 24.0 Å². The summed E-state index contributed by atoms with van der Waals surface area (Å²) in [5.74, 6) is 3.16. The zero-order valence-electron chi connectivity index (χ0n) is 15.4. The van der Waals surface area contributed by atoms with Crippen molar-refractivity contribution < 1.29 is 18.9 Å². The van der Waals surface area contributed by atoms with Crippen molar-refractivity contribution in [3.05, 3.63) is 47.5 Å². The van der Waals surface area contributed by atoms with Crippen molar-refractivity contribution in [3.63, 3.8) is 0 Å². The predicted octanol–water partition coefficient (Wildman–Crippen LogP) is 3.40. The third-order valence-corrected chi connectivity index (χ3v) is 4.17. The van der Waals surface area contributed by atoms with E-state index in [1.54, 1.807) is 21.3 Å². The van der Waals surface area contributed by atoms with Gasteiger partial charge in [0, 0.05) is 12.0 Å². The van der Waals surface area contributed by atoms with Gasteiger partial charge in [0.15, 0.2) is 11.5 Å². The molecule has 136 valence electrons. The summed E-state index contributed by atoms with van der Waals surface area (Å²) in [4.78, 5) is 0. The molecule has 2 aromatic rings. The fraction of sp³-hybridized carbons (Fsp3) is 0.400. The van der Waals surface area contributed by atoms with Gasteiger partial charge in [-0.3, -0.25) is 0 Å². The van der Waals surface area contributed by atoms with E-state index in [1.165, 1.54) is 0 Å². The Morgan fingerprint density at radius 2 is 1.64 bits per heavy atom. The van der Waals surface area contributed by atoms with Gasteiger partial charge in [0.05, 0.1) is 27.9 Å². The number of rotatable bonds is 9. The standard InChI is InChI=1S/C20H27NO4/c1-5-25-18-9-6-14(11-20(18)24-4)10-15(13-21)17-8-7-16(22-2)12-19(17)23-3/h6-9,11-12,15H,5,10,13,21H2,1-4H3. The number of ether oxygens (including phenoxy) is 4. The van der Waals surface area contributed by atoms with Crippen LogP contribution < -0.4 is 24.7 Å². The smallest absolute Gasteiger partial charge is 0.161 e. The Bertz CT molecular complexity index is 687. The van der Waals surface area contributed by atoms with E-state index in [0.29, 0.717) is 13.2 Å². The molecule has 1 atom stereocenters. The van der Waals surface area contributed by atoms with Crippen molar-refractivity contribution in [1.82, 2.24) is 0 Å². The Morgan fingerprint density at radius 3 is 2.24 bits per heavy atom. The van der Waals surface area contributed by atoms with Gasteiger partial charge in [0.25, 0.3) is 0 Å². The third kappa shape index (κ3) is 4.57. The van der Waals surface area contributed by atoms with Gasteiger partial charge in [0.2, 0.25) is 0 Å². The van der Waals surface area contributed by atoms with Crippen molar-refractivity contribution in [2.24, 2.45) is 5.73 Å². The lowest BCUT2D eigenvalue weighted by Gasteiger charge is -2.20. The number of nitrogens with two attached hydrogens (primary N) is 1. The van der Waals surface area contributed by atoms with Gasteiger partial charge in [-0.2, -0.15) is 0 Å². The van der Waals surface area contributed by atoms with Gasteiger partial charge in [-0.25, -0.2) is 0 Å². The summed E-state index contributed by atoms with van der Waals surface area (Å²) in [6, 6.07) is 11.8. The van der Waals surface area contributed by atoms with Crippen LogP contribution in [-0.2, 0) is 6.42 Å². The SMILES string of the molecule is CCOc1ccc(CC(CN)c2ccc(OC)cc2OC)cc1OC. The van der Waals surface area contributed by atoms with E-state index in [0.717, 1.165) is 40.5 Å². The van der Waals surface area contributed by atoms with Gasteiger partial charge in [-0.05, 0) is 49.2 Å². The molecular weight excluding hydrogens is 318 g/mol. The van der Waals surface area contributed by atoms with E-state index in [1.807, 2.05) is 43.3 Å². The van der Waals surface area contributed by atoms with Crippen molar-refractivity contribution in [1.29, 1.82) is 0 Å². The Kier molecular flexibility index (Phi) is 6.95. The molecule has 0 aliphatic carbocycles. The lowest BCUT2D eigenvalue weighted by Crippen LogP contribution is -2.16. The molecule has 2 N–H and O–H groups in total. The highest BCUT2D eigenvalue weighted by Gasteiger charge is 2.17. The number of hydrogen-bond donors (Lipinski definition) is 1. The zero-order valence-corrected chi connectivity index (χ0v) is 15.4. The number of methoxy groups -OCH3 is 3. The average Bonchev–Trinajstić information content (AvgIpc) is 2.66. The summed E-state index contributed by atoms with van der Waals surface area (Å²) in [6.45, 7) is 3.07. The van der Waals surface area contributed by atoms with Gasteiger partial charge >= 0.3 is 0 Å². The average molecular weight is 345 g/mol. The summed E-state index contributed by atoms with van der Waals surface area (Å²) in [7, 11) is 4.95. The highest BCUT2D eigenvalue weighted by Crippen LogP contribution is 2.34. The second-order valence-corrected chi connectivity index (χ2v) is 5.66. The zero-order chi connectivity index (χ0) is 18.2. The maximum Gasteiger partial charge on any atom is 0.161 e. The number of benzene rings is 2. The highest BCUT2D eigenvalue weighted by molar-refractivity contribution is 5.46. The van der Waals surface area contributed by atoms with E-state index in [-0.39, 0.29) is 5.92 Å². The molecule has 2 aromatic carbocycles. The van der Waals surface area contributed by atoms with Crippen molar-refractivity contribution in [2.75, 3.05) is 34.5 Å². The largest absolute Gasteiger partial charge is 0.497 e. The van der Waals surface area contributed by atoms with Crippen LogP contribution in [0.2, 0.25) is 0 Å². The van der Waals surface area contributed by atoms with Gasteiger partial charge < -0.3 is 24.7 Å². The molecule has 0 aromatic heterocycles. The summed E-state index contributed by atoms with van der Waals surface area (Å²) < 4.78 is 21.8. The summed E-state index contributed by atoms with van der Waals surface area (Å²) in [5, 5.41) is 0. The van der Waals surface area contributed by atoms with E-state index >= 15 is 0 Å². The minimum absolute atomic E-state index is 0.128. The van der Waals surface area contributed by atoms with E-state index in [2.05, 4.69) is 0 Å². The van der Waals surface area contributed by atoms with Gasteiger partial charge in [-0.15, -0.1) is 0 Å². The molecule has 0 radical (unpaired) electrons. The normalized spacial score (nSPS) is 11.7. The first-order valence-electron chi connectivity index (χ1n) is 8.38. The maximum atomic E-state index is 6.05. The highest BCUT2D eigenvalue weighted by atomic mass is 16.5. The summed E-state index contributed by atoms with van der Waals surface area (Å²) in [6.07, 6.45) is 0.780. The minimum atomic E-state index is 0.128. The second-order valence-electron chi connectivity index (χ2n) is 5.66. The topological polar surface area (TPSA) is 62.9 Å². The van der Waals surface area contributed by atoms with Gasteiger partial charge in [0.1, 0.15) is 11.5 Å². The van der Waals surface area contributed by atoms with Crippen LogP contribution in [0.3, 0.4) is 0 Å². The van der Waals surface area contributed by atoms with Crippen LogP contribution in [-0.4, -0.2) is 34.5 Å². The number of hydrogen-bond acceptors (Lipinski definition) is 5. The molecule has 5 heteroatoms. The molecule has 0 fully saturated rings. The molecule has 2 rings (SSSR count). The molecule has 0 spiro atoms. The lowest BCUT2D eigenvalue weighted by molar-refractivity contribution is 0.310. The van der Waals surface area contributed by atoms with Crippen LogP contribution in [0.25, 0.3) is 0 Å². The van der Waals surface area contributed by atoms with Crippen LogP contribution >= 0.6 is 0 Å². The van der Waals surface area contributed by atoms with Crippen molar-refractivity contribution in [2.45, 2.75) is 19.3 Å². The van der Waals surface area contributed by atoms with E-state index < -0.39 is 0 Å². The molecule has 0 saturated carbocycles. The first-order chi connectivity index (χ1) is 12.2. The van der Waals surface area contributed by atoms with Gasteiger partial charge in [-0.1, -0.05) is 12.1 Å². The van der Waals surface area contributed by atoms with E-state index in [9.17, 15) is 0 Å². The Balaban J connectivity index is 2.28. The molecule has 5 nitrogen and oxygen atoms in total. The second kappa shape index (κ2) is 9.18. The molecule has 0 aliphatic rings. The Hall–Kier alpha value is -2.40. The molecule has 0 aliphatic heterocycles. The molecule has 0 bridgehead atoms. The third-order valence-electron chi connectivity index (χ3n) is 4.17. The Labute approximate surface area is 149 Å². The van der Waals surface area contributed by atoms with Crippen LogP contribution in [0, 0.1) is 0 Å². The molecular formula is C20H27NO4.